The second kappa shape index (κ2) is 5.19. The van der Waals surface area contributed by atoms with E-state index in [1.165, 1.54) is 6.26 Å². The van der Waals surface area contributed by atoms with Crippen LogP contribution >= 0.6 is 15.9 Å². The Bertz CT molecular complexity index is 517. The number of carbonyl (C=O) groups is 1. The molecule has 0 aliphatic rings. The van der Waals surface area contributed by atoms with Crippen molar-refractivity contribution in [3.63, 3.8) is 0 Å². The van der Waals surface area contributed by atoms with Crippen molar-refractivity contribution in [2.45, 2.75) is 6.92 Å². The molecule has 0 saturated heterocycles. The molecule has 0 aliphatic carbocycles. The van der Waals surface area contributed by atoms with Gasteiger partial charge in [0.15, 0.2) is 12.4 Å². The fraction of sp³-hybridized carbons (Fsp3) is 0.154. The van der Waals surface area contributed by atoms with Crippen LogP contribution in [-0.2, 0) is 0 Å². The van der Waals surface area contributed by atoms with E-state index < -0.39 is 0 Å². The maximum absolute atomic E-state index is 11.6. The van der Waals surface area contributed by atoms with Crippen LogP contribution in [0.4, 0.5) is 0 Å². The quantitative estimate of drug-likeness (QED) is 0.809. The minimum atomic E-state index is -0.171. The van der Waals surface area contributed by atoms with E-state index in [2.05, 4.69) is 15.9 Å². The number of ether oxygens (including phenoxy) is 1. The zero-order chi connectivity index (χ0) is 12.3. The predicted molar refractivity (Wildman–Crippen MR) is 67.4 cm³/mol. The Morgan fingerprint density at radius 3 is 2.88 bits per heavy atom. The normalized spacial score (nSPS) is 10.2. The van der Waals surface area contributed by atoms with E-state index in [1.54, 1.807) is 12.1 Å². The van der Waals surface area contributed by atoms with Gasteiger partial charge in [0, 0.05) is 4.47 Å². The molecule has 0 unspecified atom stereocenters. The Balaban J connectivity index is 1.98. The van der Waals surface area contributed by atoms with Crippen LogP contribution in [0.5, 0.6) is 5.75 Å². The van der Waals surface area contributed by atoms with Gasteiger partial charge in [0.2, 0.25) is 5.78 Å². The highest BCUT2D eigenvalue weighted by Crippen LogP contribution is 2.21. The molecule has 0 radical (unpaired) electrons. The summed E-state index contributed by atoms with van der Waals surface area (Å²) >= 11 is 3.40. The number of benzene rings is 1. The molecule has 88 valence electrons. The zero-order valence-electron chi connectivity index (χ0n) is 9.27. The number of halogens is 1. The molecule has 0 aliphatic heterocycles. The predicted octanol–water partition coefficient (Wildman–Crippen LogP) is 3.61. The molecule has 0 amide bonds. The van der Waals surface area contributed by atoms with E-state index in [9.17, 15) is 4.79 Å². The minimum Gasteiger partial charge on any atom is -0.485 e. The lowest BCUT2D eigenvalue weighted by molar-refractivity contribution is 0.0893. The fourth-order valence-electron chi connectivity index (χ4n) is 1.36. The largest absolute Gasteiger partial charge is 0.485 e. The molecule has 0 spiro atoms. The van der Waals surface area contributed by atoms with Gasteiger partial charge in [-0.25, -0.2) is 0 Å². The third kappa shape index (κ3) is 2.97. The first-order chi connectivity index (χ1) is 8.16. The van der Waals surface area contributed by atoms with E-state index in [-0.39, 0.29) is 12.4 Å². The number of hydrogen-bond acceptors (Lipinski definition) is 3. The van der Waals surface area contributed by atoms with Crippen molar-refractivity contribution in [1.82, 2.24) is 0 Å². The molecule has 2 aromatic rings. The van der Waals surface area contributed by atoms with Crippen molar-refractivity contribution in [2.24, 2.45) is 0 Å². The number of carbonyl (C=O) groups excluding carboxylic acids is 1. The molecule has 0 atom stereocenters. The molecule has 17 heavy (non-hydrogen) atoms. The van der Waals surface area contributed by atoms with Crippen LogP contribution in [0.2, 0.25) is 0 Å². The smallest absolute Gasteiger partial charge is 0.235 e. The molecule has 4 heteroatoms. The Kier molecular flexibility index (Phi) is 3.64. The van der Waals surface area contributed by atoms with Crippen molar-refractivity contribution in [2.75, 3.05) is 6.61 Å². The van der Waals surface area contributed by atoms with Gasteiger partial charge in [-0.2, -0.15) is 0 Å². The minimum absolute atomic E-state index is 0.0193. The molecule has 1 heterocycles. The molecular weight excluding hydrogens is 284 g/mol. The number of Topliss-reactive ketones (excluding diaryl/α,β-unsaturated/α-hetero) is 1. The van der Waals surface area contributed by atoms with Crippen molar-refractivity contribution in [1.29, 1.82) is 0 Å². The number of ketones is 1. The molecule has 0 fully saturated rings. The lowest BCUT2D eigenvalue weighted by Crippen LogP contribution is -2.10. The van der Waals surface area contributed by atoms with Crippen LogP contribution < -0.4 is 4.74 Å². The van der Waals surface area contributed by atoms with Crippen LogP contribution in [0.1, 0.15) is 16.1 Å². The number of furan rings is 1. The molecule has 0 bridgehead atoms. The summed E-state index contributed by atoms with van der Waals surface area (Å²) in [5, 5.41) is 0. The average Bonchev–Trinajstić information content (AvgIpc) is 2.84. The molecule has 1 aromatic carbocycles. The summed E-state index contributed by atoms with van der Waals surface area (Å²) in [6, 6.07) is 8.88. The lowest BCUT2D eigenvalue weighted by atomic mass is 10.2. The highest BCUT2D eigenvalue weighted by atomic mass is 79.9. The summed E-state index contributed by atoms with van der Waals surface area (Å²) in [7, 11) is 0. The second-order valence-electron chi connectivity index (χ2n) is 3.60. The average molecular weight is 295 g/mol. The van der Waals surface area contributed by atoms with Crippen LogP contribution in [-0.4, -0.2) is 12.4 Å². The van der Waals surface area contributed by atoms with Gasteiger partial charge in [0.25, 0.3) is 0 Å². The second-order valence-corrected chi connectivity index (χ2v) is 4.45. The Morgan fingerprint density at radius 2 is 2.24 bits per heavy atom. The van der Waals surface area contributed by atoms with E-state index in [0.29, 0.717) is 11.5 Å². The number of rotatable bonds is 4. The van der Waals surface area contributed by atoms with Gasteiger partial charge in [-0.15, -0.1) is 0 Å². The summed E-state index contributed by atoms with van der Waals surface area (Å²) in [5.41, 5.74) is 1.06. The molecule has 3 nitrogen and oxygen atoms in total. The van der Waals surface area contributed by atoms with Gasteiger partial charge >= 0.3 is 0 Å². The monoisotopic (exact) mass is 294 g/mol. The van der Waals surface area contributed by atoms with Gasteiger partial charge < -0.3 is 9.15 Å². The SMILES string of the molecule is Cc1cc(OCC(=O)c2ccco2)ccc1Br. The summed E-state index contributed by atoms with van der Waals surface area (Å²) in [5.74, 6) is 0.819. The zero-order valence-corrected chi connectivity index (χ0v) is 10.9. The van der Waals surface area contributed by atoms with E-state index in [0.717, 1.165) is 10.0 Å². The van der Waals surface area contributed by atoms with Crippen LogP contribution in [0.25, 0.3) is 0 Å². The third-order valence-corrected chi connectivity index (χ3v) is 3.19. The highest BCUT2D eigenvalue weighted by Gasteiger charge is 2.09. The van der Waals surface area contributed by atoms with Crippen molar-refractivity contribution in [3.8, 4) is 5.75 Å². The summed E-state index contributed by atoms with van der Waals surface area (Å²) in [6.45, 7) is 1.94. The molecule has 1 aromatic heterocycles. The number of hydrogen-bond donors (Lipinski definition) is 0. The summed E-state index contributed by atoms with van der Waals surface area (Å²) in [4.78, 5) is 11.6. The topological polar surface area (TPSA) is 39.4 Å². The fourth-order valence-corrected chi connectivity index (χ4v) is 1.61. The molecule has 0 saturated carbocycles. The highest BCUT2D eigenvalue weighted by molar-refractivity contribution is 9.10. The standard InChI is InChI=1S/C13H11BrO3/c1-9-7-10(4-5-11(9)14)17-8-12(15)13-3-2-6-16-13/h2-7H,8H2,1H3. The van der Waals surface area contributed by atoms with Crippen LogP contribution in [0.15, 0.2) is 45.5 Å². The third-order valence-electron chi connectivity index (χ3n) is 2.30. The van der Waals surface area contributed by atoms with Gasteiger partial charge in [0.05, 0.1) is 6.26 Å². The van der Waals surface area contributed by atoms with Crippen molar-refractivity contribution < 1.29 is 13.9 Å². The summed E-state index contributed by atoms with van der Waals surface area (Å²) in [6.07, 6.45) is 1.47. The van der Waals surface area contributed by atoms with E-state index in [4.69, 9.17) is 9.15 Å². The first kappa shape index (κ1) is 11.9. The first-order valence-electron chi connectivity index (χ1n) is 5.12. The van der Waals surface area contributed by atoms with Gasteiger partial charge in [-0.3, -0.25) is 4.79 Å². The maximum atomic E-state index is 11.6. The van der Waals surface area contributed by atoms with E-state index >= 15 is 0 Å². The van der Waals surface area contributed by atoms with Gasteiger partial charge in [-0.1, -0.05) is 15.9 Å². The molecule has 0 N–H and O–H groups in total. The Morgan fingerprint density at radius 1 is 1.41 bits per heavy atom. The Labute approximate surface area is 108 Å². The van der Waals surface area contributed by atoms with E-state index in [1.807, 2.05) is 25.1 Å². The van der Waals surface area contributed by atoms with Crippen molar-refractivity contribution in [3.05, 3.63) is 52.4 Å². The summed E-state index contributed by atoms with van der Waals surface area (Å²) < 4.78 is 11.4. The Hall–Kier alpha value is -1.55. The van der Waals surface area contributed by atoms with Gasteiger partial charge in [0.1, 0.15) is 5.75 Å². The van der Waals surface area contributed by atoms with Crippen molar-refractivity contribution >= 4 is 21.7 Å². The number of aryl methyl sites for hydroxylation is 1. The lowest BCUT2D eigenvalue weighted by Gasteiger charge is -2.06. The van der Waals surface area contributed by atoms with Crippen LogP contribution in [0.3, 0.4) is 0 Å². The van der Waals surface area contributed by atoms with Gasteiger partial charge in [-0.05, 0) is 42.8 Å². The molecule has 2 rings (SSSR count). The maximum Gasteiger partial charge on any atom is 0.235 e. The van der Waals surface area contributed by atoms with Crippen LogP contribution in [0, 0.1) is 6.92 Å². The molecular formula is C13H11BrO3. The first-order valence-corrected chi connectivity index (χ1v) is 5.92.